The molecule has 0 aliphatic carbocycles. The van der Waals surface area contributed by atoms with Gasteiger partial charge in [0.2, 0.25) is 0 Å². The van der Waals surface area contributed by atoms with Crippen molar-refractivity contribution in [2.45, 2.75) is 12.3 Å². The number of benzene rings is 2. The maximum absolute atomic E-state index is 13.0. The van der Waals surface area contributed by atoms with Gasteiger partial charge in [-0.15, -0.1) is 0 Å². The van der Waals surface area contributed by atoms with Gasteiger partial charge < -0.3 is 4.90 Å². The first-order valence-corrected chi connectivity index (χ1v) is 9.93. The van der Waals surface area contributed by atoms with Crippen LogP contribution in [0.1, 0.15) is 28.3 Å². The number of hydrogen-bond acceptors (Lipinski definition) is 3. The second-order valence-corrected chi connectivity index (χ2v) is 7.48. The van der Waals surface area contributed by atoms with Crippen molar-refractivity contribution in [2.75, 3.05) is 13.1 Å². The minimum absolute atomic E-state index is 0.0963. The van der Waals surface area contributed by atoms with E-state index in [0.29, 0.717) is 5.92 Å². The zero-order valence-electron chi connectivity index (χ0n) is 16.0. The van der Waals surface area contributed by atoms with Crippen molar-refractivity contribution >= 4 is 16.8 Å². The van der Waals surface area contributed by atoms with Crippen molar-refractivity contribution < 1.29 is 4.79 Å². The molecule has 5 rings (SSSR count). The van der Waals surface area contributed by atoms with Gasteiger partial charge in [0.25, 0.3) is 5.91 Å². The van der Waals surface area contributed by atoms with E-state index >= 15 is 0 Å². The van der Waals surface area contributed by atoms with Crippen LogP contribution in [0.5, 0.6) is 0 Å². The van der Waals surface area contributed by atoms with E-state index in [0.717, 1.165) is 47.1 Å². The quantitative estimate of drug-likeness (QED) is 0.507. The van der Waals surface area contributed by atoms with Gasteiger partial charge in [0.15, 0.2) is 0 Å². The third-order valence-electron chi connectivity index (χ3n) is 5.71. The average Bonchev–Trinajstić information content (AvgIpc) is 3.29. The fourth-order valence-corrected chi connectivity index (χ4v) is 4.15. The summed E-state index contributed by atoms with van der Waals surface area (Å²) >= 11 is 0. The Bertz CT molecular complexity index is 1150. The Morgan fingerprint density at radius 3 is 2.59 bits per heavy atom. The van der Waals surface area contributed by atoms with Crippen LogP contribution in [0.2, 0.25) is 0 Å². The molecule has 1 amide bonds. The topological polar surface area (TPSA) is 46.1 Å². The van der Waals surface area contributed by atoms with Crippen LogP contribution in [0.15, 0.2) is 85.3 Å². The minimum atomic E-state index is 0.0963. The lowest BCUT2D eigenvalue weighted by Gasteiger charge is -2.17. The Hall–Kier alpha value is -3.53. The monoisotopic (exact) mass is 379 g/mol. The fraction of sp³-hybridized carbons (Fsp3) is 0.160. The Balaban J connectivity index is 1.36. The fourth-order valence-electron chi connectivity index (χ4n) is 4.15. The van der Waals surface area contributed by atoms with E-state index < -0.39 is 0 Å². The molecule has 0 radical (unpaired) electrons. The number of likely N-dealkylation sites (tertiary alicyclic amines) is 1. The van der Waals surface area contributed by atoms with Crippen molar-refractivity contribution in [1.82, 2.24) is 14.9 Å². The highest BCUT2D eigenvalue weighted by Crippen LogP contribution is 2.29. The summed E-state index contributed by atoms with van der Waals surface area (Å²) in [6.45, 7) is 1.53. The summed E-state index contributed by atoms with van der Waals surface area (Å²) in [5.74, 6) is 0.465. The molecule has 2 aromatic carbocycles. The normalized spacial score (nSPS) is 16.3. The molecule has 0 bridgehead atoms. The maximum Gasteiger partial charge on any atom is 0.253 e. The smallest absolute Gasteiger partial charge is 0.253 e. The van der Waals surface area contributed by atoms with Crippen LogP contribution in [0.25, 0.3) is 22.0 Å². The van der Waals surface area contributed by atoms with Gasteiger partial charge in [-0.1, -0.05) is 42.5 Å². The van der Waals surface area contributed by atoms with Gasteiger partial charge >= 0.3 is 0 Å². The van der Waals surface area contributed by atoms with Crippen LogP contribution in [0.4, 0.5) is 0 Å². The molecule has 1 fully saturated rings. The highest BCUT2D eigenvalue weighted by atomic mass is 16.2. The Labute approximate surface area is 169 Å². The number of para-hydroxylation sites is 1. The molecule has 142 valence electrons. The zero-order chi connectivity index (χ0) is 19.6. The van der Waals surface area contributed by atoms with Gasteiger partial charge in [-0.25, -0.2) is 0 Å². The van der Waals surface area contributed by atoms with E-state index in [4.69, 9.17) is 0 Å². The van der Waals surface area contributed by atoms with Crippen LogP contribution in [0.3, 0.4) is 0 Å². The van der Waals surface area contributed by atoms with Gasteiger partial charge in [-0.3, -0.25) is 14.8 Å². The number of fused-ring (bicyclic) bond motifs is 1. The minimum Gasteiger partial charge on any atom is -0.338 e. The number of amides is 1. The van der Waals surface area contributed by atoms with Crippen LogP contribution >= 0.6 is 0 Å². The number of carbonyl (C=O) groups excluding carboxylic acids is 1. The highest BCUT2D eigenvalue weighted by Gasteiger charge is 2.28. The second kappa shape index (κ2) is 7.47. The molecule has 4 nitrogen and oxygen atoms in total. The molecule has 3 heterocycles. The summed E-state index contributed by atoms with van der Waals surface area (Å²) < 4.78 is 0. The molecule has 1 aliphatic rings. The first-order valence-electron chi connectivity index (χ1n) is 9.93. The van der Waals surface area contributed by atoms with Gasteiger partial charge in [0, 0.05) is 54.1 Å². The Morgan fingerprint density at radius 2 is 1.76 bits per heavy atom. The summed E-state index contributed by atoms with van der Waals surface area (Å²) in [6, 6.07) is 22.1. The third kappa shape index (κ3) is 3.38. The Morgan fingerprint density at radius 1 is 0.931 bits per heavy atom. The summed E-state index contributed by atoms with van der Waals surface area (Å²) in [5, 5.41) is 1.11. The molecule has 1 unspecified atom stereocenters. The zero-order valence-corrected chi connectivity index (χ0v) is 16.0. The van der Waals surface area contributed by atoms with E-state index in [-0.39, 0.29) is 5.91 Å². The van der Waals surface area contributed by atoms with Gasteiger partial charge in [0.1, 0.15) is 0 Å². The van der Waals surface area contributed by atoms with Crippen molar-refractivity contribution in [3.8, 4) is 11.1 Å². The third-order valence-corrected chi connectivity index (χ3v) is 5.71. The molecular formula is C25H21N3O. The average molecular weight is 379 g/mol. The summed E-state index contributed by atoms with van der Waals surface area (Å²) in [4.78, 5) is 23.7. The molecule has 0 saturated carbocycles. The van der Waals surface area contributed by atoms with Crippen molar-refractivity contribution in [2.24, 2.45) is 0 Å². The number of hydrogen-bond donors (Lipinski definition) is 0. The van der Waals surface area contributed by atoms with Crippen LogP contribution in [-0.2, 0) is 0 Å². The number of rotatable bonds is 3. The first-order chi connectivity index (χ1) is 14.3. The van der Waals surface area contributed by atoms with E-state index in [9.17, 15) is 4.79 Å². The summed E-state index contributed by atoms with van der Waals surface area (Å²) in [7, 11) is 0. The van der Waals surface area contributed by atoms with Crippen molar-refractivity contribution in [3.05, 3.63) is 96.4 Å². The number of pyridine rings is 2. The lowest BCUT2D eigenvalue weighted by molar-refractivity contribution is 0.0791. The molecule has 0 N–H and O–H groups in total. The van der Waals surface area contributed by atoms with Crippen molar-refractivity contribution in [3.63, 3.8) is 0 Å². The van der Waals surface area contributed by atoms with Crippen LogP contribution in [0, 0.1) is 0 Å². The molecule has 1 aliphatic heterocycles. The predicted molar refractivity (Wildman–Crippen MR) is 115 cm³/mol. The first kappa shape index (κ1) is 17.6. The Kier molecular flexibility index (Phi) is 4.53. The number of aromatic nitrogens is 2. The molecule has 1 saturated heterocycles. The standard InChI is InChI=1S/C25H21N3O/c29-25(28-15-12-22(17-28)21-6-2-13-26-16-21)20-10-8-18(9-11-20)23-7-1-4-19-5-3-14-27-24(19)23/h1-11,13-14,16,22H,12,15,17H2. The molecule has 1 atom stereocenters. The number of carbonyl (C=O) groups is 1. The summed E-state index contributed by atoms with van der Waals surface area (Å²) in [6.07, 6.45) is 6.49. The molecular weight excluding hydrogens is 358 g/mol. The molecule has 2 aromatic heterocycles. The van der Waals surface area contributed by atoms with E-state index in [1.807, 2.05) is 59.8 Å². The lowest BCUT2D eigenvalue weighted by atomic mass is 10.00. The summed E-state index contributed by atoms with van der Waals surface area (Å²) in [5.41, 5.74) is 5.07. The second-order valence-electron chi connectivity index (χ2n) is 7.48. The maximum atomic E-state index is 13.0. The van der Waals surface area contributed by atoms with Gasteiger partial charge in [-0.05, 0) is 41.8 Å². The van der Waals surface area contributed by atoms with E-state index in [1.165, 1.54) is 5.56 Å². The molecule has 4 heteroatoms. The van der Waals surface area contributed by atoms with Crippen LogP contribution < -0.4 is 0 Å². The predicted octanol–water partition coefficient (Wildman–Crippen LogP) is 4.93. The van der Waals surface area contributed by atoms with E-state index in [2.05, 4.69) is 34.2 Å². The molecule has 0 spiro atoms. The van der Waals surface area contributed by atoms with Crippen LogP contribution in [-0.4, -0.2) is 33.9 Å². The lowest BCUT2D eigenvalue weighted by Crippen LogP contribution is -2.28. The number of nitrogens with zero attached hydrogens (tertiary/aromatic N) is 3. The van der Waals surface area contributed by atoms with Gasteiger partial charge in [0.05, 0.1) is 5.52 Å². The van der Waals surface area contributed by atoms with Gasteiger partial charge in [-0.2, -0.15) is 0 Å². The van der Waals surface area contributed by atoms with Crippen molar-refractivity contribution in [1.29, 1.82) is 0 Å². The largest absolute Gasteiger partial charge is 0.338 e. The SMILES string of the molecule is O=C(c1ccc(-c2cccc3cccnc23)cc1)N1CCC(c2cccnc2)C1. The highest BCUT2D eigenvalue weighted by molar-refractivity contribution is 5.97. The molecule has 29 heavy (non-hydrogen) atoms. The molecule has 4 aromatic rings. The van der Waals surface area contributed by atoms with E-state index in [1.54, 1.807) is 6.20 Å².